The maximum Gasteiger partial charge on any atom is 0.256 e. The first kappa shape index (κ1) is 19.7. The van der Waals surface area contributed by atoms with Crippen molar-refractivity contribution in [3.05, 3.63) is 46.6 Å². The average Bonchev–Trinajstić information content (AvgIpc) is 3.23. The minimum atomic E-state index is -2.68. The largest absolute Gasteiger partial charge is 0.486 e. The van der Waals surface area contributed by atoms with Crippen molar-refractivity contribution in [1.29, 1.82) is 5.26 Å². The molecule has 4 heterocycles. The van der Waals surface area contributed by atoms with Crippen LogP contribution in [0.4, 0.5) is 20.4 Å². The summed E-state index contributed by atoms with van der Waals surface area (Å²) in [5.41, 5.74) is 0.664. The van der Waals surface area contributed by atoms with Gasteiger partial charge in [0.1, 0.15) is 12.2 Å². The summed E-state index contributed by atoms with van der Waals surface area (Å²) in [5, 5.41) is 15.4. The summed E-state index contributed by atoms with van der Waals surface area (Å²) < 4.78 is 32.4. The van der Waals surface area contributed by atoms with E-state index in [0.29, 0.717) is 23.5 Å². The number of aromatic nitrogens is 4. The van der Waals surface area contributed by atoms with Crippen LogP contribution in [0.2, 0.25) is 0 Å². The normalized spacial score (nSPS) is 16.0. The molecule has 0 spiro atoms. The zero-order valence-corrected chi connectivity index (χ0v) is 15.7. The molecule has 0 radical (unpaired) electrons. The Kier molecular flexibility index (Phi) is 5.49. The van der Waals surface area contributed by atoms with Gasteiger partial charge >= 0.3 is 0 Å². The van der Waals surface area contributed by atoms with E-state index >= 15 is 0 Å². The number of nitrogens with one attached hydrogen (secondary N) is 2. The van der Waals surface area contributed by atoms with Crippen molar-refractivity contribution in [3.63, 3.8) is 0 Å². The molecule has 0 aromatic carbocycles. The second kappa shape index (κ2) is 8.38. The van der Waals surface area contributed by atoms with Crippen molar-refractivity contribution in [3.8, 4) is 11.8 Å². The van der Waals surface area contributed by atoms with Crippen LogP contribution in [0.3, 0.4) is 0 Å². The third kappa shape index (κ3) is 4.18. The molecule has 4 rings (SSSR count). The minimum Gasteiger partial charge on any atom is -0.486 e. The summed E-state index contributed by atoms with van der Waals surface area (Å²) >= 11 is 0. The van der Waals surface area contributed by atoms with E-state index in [-0.39, 0.29) is 23.3 Å². The summed E-state index contributed by atoms with van der Waals surface area (Å²) in [6, 6.07) is 6.27. The lowest BCUT2D eigenvalue weighted by Crippen LogP contribution is -2.23. The van der Waals surface area contributed by atoms with Crippen LogP contribution in [-0.2, 0) is 6.54 Å². The molecular formula is C19H17F2N7O2. The Morgan fingerprint density at radius 2 is 2.23 bits per heavy atom. The fourth-order valence-corrected chi connectivity index (χ4v) is 3.19. The molecule has 3 aromatic heterocycles. The fourth-order valence-electron chi connectivity index (χ4n) is 3.19. The molecule has 0 bridgehead atoms. The maximum absolute atomic E-state index is 12.8. The molecule has 11 heteroatoms. The van der Waals surface area contributed by atoms with Crippen molar-refractivity contribution < 1.29 is 13.5 Å². The van der Waals surface area contributed by atoms with Gasteiger partial charge in [0.25, 0.3) is 12.0 Å². The number of rotatable bonds is 6. The van der Waals surface area contributed by atoms with Crippen molar-refractivity contribution in [1.82, 2.24) is 24.8 Å². The molecule has 30 heavy (non-hydrogen) atoms. The van der Waals surface area contributed by atoms with Gasteiger partial charge in [0.15, 0.2) is 11.4 Å². The van der Waals surface area contributed by atoms with Gasteiger partial charge in [-0.25, -0.2) is 23.7 Å². The molecule has 9 nitrogen and oxygen atoms in total. The van der Waals surface area contributed by atoms with Gasteiger partial charge in [-0.05, 0) is 19.0 Å². The number of fused-ring (bicyclic) bond motifs is 1. The number of pyridine rings is 2. The summed E-state index contributed by atoms with van der Waals surface area (Å²) in [4.78, 5) is 24.4. The molecule has 0 unspecified atom stereocenters. The lowest BCUT2D eigenvalue weighted by Gasteiger charge is -2.14. The predicted octanol–water partition coefficient (Wildman–Crippen LogP) is 1.81. The highest BCUT2D eigenvalue weighted by atomic mass is 19.3. The molecule has 0 amide bonds. The Hall–Kier alpha value is -3.65. The van der Waals surface area contributed by atoms with E-state index in [1.807, 2.05) is 6.07 Å². The number of nitrogens with zero attached hydrogens (tertiary/aromatic N) is 5. The van der Waals surface area contributed by atoms with E-state index in [2.05, 4.69) is 25.6 Å². The van der Waals surface area contributed by atoms with Gasteiger partial charge in [-0.3, -0.25) is 9.36 Å². The molecule has 1 aliphatic rings. The Morgan fingerprint density at radius 1 is 1.37 bits per heavy atom. The van der Waals surface area contributed by atoms with Crippen LogP contribution < -0.4 is 20.9 Å². The topological polar surface area (TPSA) is 118 Å². The van der Waals surface area contributed by atoms with Crippen LogP contribution in [0.15, 0.2) is 35.4 Å². The lowest BCUT2D eigenvalue weighted by atomic mass is 10.3. The van der Waals surface area contributed by atoms with Gasteiger partial charge in [0, 0.05) is 18.7 Å². The van der Waals surface area contributed by atoms with Gasteiger partial charge < -0.3 is 15.4 Å². The van der Waals surface area contributed by atoms with Crippen molar-refractivity contribution >= 4 is 22.7 Å². The quantitative estimate of drug-likeness (QED) is 0.628. The highest BCUT2D eigenvalue weighted by molar-refractivity contribution is 5.75. The van der Waals surface area contributed by atoms with Crippen LogP contribution in [0.1, 0.15) is 12.1 Å². The standard InChI is InChI=1S/C19H17F2N7O2/c20-17(21)10-28-15-9-25-19(27-13(15)1-2-18(28)29)26-11-5-16(14(6-22)24-7-11)30-12-3-4-23-8-12/h1-2,5,7,9,12,17,23H,3-4,8,10H2,(H,25,26,27)/t12-/m1/s1. The van der Waals surface area contributed by atoms with Gasteiger partial charge in [-0.2, -0.15) is 5.26 Å². The second-order valence-corrected chi connectivity index (χ2v) is 6.68. The molecule has 0 saturated carbocycles. The first-order valence-corrected chi connectivity index (χ1v) is 9.23. The molecule has 154 valence electrons. The number of alkyl halides is 2. The second-order valence-electron chi connectivity index (χ2n) is 6.68. The van der Waals surface area contributed by atoms with Crippen molar-refractivity contribution in [2.24, 2.45) is 0 Å². The molecule has 1 fully saturated rings. The van der Waals surface area contributed by atoms with E-state index < -0.39 is 18.5 Å². The molecule has 1 saturated heterocycles. The summed E-state index contributed by atoms with van der Waals surface area (Å²) in [7, 11) is 0. The third-order valence-corrected chi connectivity index (χ3v) is 4.58. The number of hydrogen-bond donors (Lipinski definition) is 2. The lowest BCUT2D eigenvalue weighted by molar-refractivity contribution is 0.127. The zero-order chi connectivity index (χ0) is 21.1. The van der Waals surface area contributed by atoms with E-state index in [9.17, 15) is 18.8 Å². The van der Waals surface area contributed by atoms with E-state index in [4.69, 9.17) is 4.74 Å². The number of ether oxygens (including phenoxy) is 1. The summed E-state index contributed by atoms with van der Waals surface area (Å²) in [6.45, 7) is 0.804. The Labute approximate surface area is 169 Å². The molecule has 1 atom stereocenters. The molecule has 2 N–H and O–H groups in total. The van der Waals surface area contributed by atoms with Gasteiger partial charge in [0.2, 0.25) is 5.95 Å². The first-order valence-electron chi connectivity index (χ1n) is 9.23. The highest BCUT2D eigenvalue weighted by Gasteiger charge is 2.19. The number of anilines is 2. The maximum atomic E-state index is 12.8. The van der Waals surface area contributed by atoms with Crippen LogP contribution in [0.25, 0.3) is 11.0 Å². The SMILES string of the molecule is N#Cc1ncc(Nc2ncc3c(ccc(=O)n3CC(F)F)n2)cc1O[C@@H]1CCNC1. The monoisotopic (exact) mass is 413 g/mol. The van der Waals surface area contributed by atoms with E-state index in [1.165, 1.54) is 24.5 Å². The van der Waals surface area contributed by atoms with Crippen molar-refractivity contribution in [2.75, 3.05) is 18.4 Å². The van der Waals surface area contributed by atoms with Crippen molar-refractivity contribution in [2.45, 2.75) is 25.5 Å². The molecular weight excluding hydrogens is 396 g/mol. The van der Waals surface area contributed by atoms with Gasteiger partial charge in [-0.1, -0.05) is 0 Å². The fraction of sp³-hybridized carbons (Fsp3) is 0.316. The Morgan fingerprint density at radius 3 is 2.97 bits per heavy atom. The zero-order valence-electron chi connectivity index (χ0n) is 15.7. The number of hydrogen-bond acceptors (Lipinski definition) is 8. The van der Waals surface area contributed by atoms with Gasteiger partial charge in [-0.15, -0.1) is 0 Å². The summed E-state index contributed by atoms with van der Waals surface area (Å²) in [6.07, 6.45) is 0.870. The highest BCUT2D eigenvalue weighted by Crippen LogP contribution is 2.25. The smallest absolute Gasteiger partial charge is 0.256 e. The van der Waals surface area contributed by atoms with Gasteiger partial charge in [0.05, 0.1) is 35.7 Å². The van der Waals surface area contributed by atoms with E-state index in [0.717, 1.165) is 17.5 Å². The van der Waals surface area contributed by atoms with Crippen LogP contribution in [0, 0.1) is 11.3 Å². The summed E-state index contributed by atoms with van der Waals surface area (Å²) in [5.74, 6) is 0.535. The average molecular weight is 413 g/mol. The third-order valence-electron chi connectivity index (χ3n) is 4.58. The number of nitriles is 1. The molecule has 1 aliphatic heterocycles. The molecule has 0 aliphatic carbocycles. The Bertz CT molecular complexity index is 1170. The Balaban J connectivity index is 1.61. The minimum absolute atomic E-state index is 0.0439. The number of halogens is 2. The van der Waals surface area contributed by atoms with E-state index in [1.54, 1.807) is 6.07 Å². The van der Waals surface area contributed by atoms with Crippen LogP contribution in [0.5, 0.6) is 5.75 Å². The van der Waals surface area contributed by atoms with Crippen LogP contribution >= 0.6 is 0 Å². The molecule has 3 aromatic rings. The van der Waals surface area contributed by atoms with Crippen LogP contribution in [-0.4, -0.2) is 45.1 Å². The first-order chi connectivity index (χ1) is 14.5. The predicted molar refractivity (Wildman–Crippen MR) is 104 cm³/mol.